The molecule has 0 bridgehead atoms. The molecule has 3 aliphatic rings. The molecule has 1 amide bonds. The van der Waals surface area contributed by atoms with Gasteiger partial charge in [0.2, 0.25) is 5.91 Å². The molecule has 1 aliphatic carbocycles. The first kappa shape index (κ1) is 25.0. The van der Waals surface area contributed by atoms with Gasteiger partial charge in [-0.15, -0.1) is 0 Å². The lowest BCUT2D eigenvalue weighted by atomic mass is 9.91. The number of benzene rings is 2. The van der Waals surface area contributed by atoms with Gasteiger partial charge in [-0.3, -0.25) is 4.79 Å². The van der Waals surface area contributed by atoms with Gasteiger partial charge in [-0.25, -0.2) is 9.79 Å². The molecule has 2 aromatic carbocycles. The number of amides is 1. The summed E-state index contributed by atoms with van der Waals surface area (Å²) < 4.78 is 16.6. The predicted octanol–water partition coefficient (Wildman–Crippen LogP) is 4.65. The van der Waals surface area contributed by atoms with Gasteiger partial charge in [-0.1, -0.05) is 48.2 Å². The lowest BCUT2D eigenvalue weighted by molar-refractivity contribution is -0.139. The average molecular weight is 520 g/mol. The number of hydrogen-bond acceptors (Lipinski definition) is 8. The molecule has 1 fully saturated rings. The van der Waals surface area contributed by atoms with Gasteiger partial charge < -0.3 is 24.4 Å². The van der Waals surface area contributed by atoms with Crippen molar-refractivity contribution in [3.63, 3.8) is 0 Å². The van der Waals surface area contributed by atoms with E-state index in [1.807, 2.05) is 58.8 Å². The number of ether oxygens (including phenoxy) is 3. The van der Waals surface area contributed by atoms with Crippen LogP contribution in [-0.2, 0) is 14.3 Å². The Bertz CT molecular complexity index is 1300. The number of nitrogens with one attached hydrogen (secondary N) is 1. The highest BCUT2D eigenvalue weighted by Crippen LogP contribution is 2.48. The topological polar surface area (TPSA) is 89.5 Å². The Morgan fingerprint density at radius 3 is 2.51 bits per heavy atom. The van der Waals surface area contributed by atoms with Crippen LogP contribution < -0.4 is 14.8 Å². The quantitative estimate of drug-likeness (QED) is 0.483. The van der Waals surface area contributed by atoms with E-state index in [2.05, 4.69) is 5.32 Å². The van der Waals surface area contributed by atoms with E-state index in [-0.39, 0.29) is 25.0 Å². The summed E-state index contributed by atoms with van der Waals surface area (Å²) >= 11 is 1.44. The second-order valence-electron chi connectivity index (χ2n) is 8.88. The molecule has 192 valence electrons. The van der Waals surface area contributed by atoms with E-state index >= 15 is 0 Å². The fourth-order valence-corrected chi connectivity index (χ4v) is 5.42. The summed E-state index contributed by atoms with van der Waals surface area (Å²) in [6, 6.07) is 14.9. The summed E-state index contributed by atoms with van der Waals surface area (Å²) in [5.41, 5.74) is 3.33. The third-order valence-electron chi connectivity index (χ3n) is 6.36. The van der Waals surface area contributed by atoms with Crippen LogP contribution in [0.5, 0.6) is 11.5 Å². The minimum Gasteiger partial charge on any atom is -0.493 e. The van der Waals surface area contributed by atoms with E-state index in [4.69, 9.17) is 19.2 Å². The fraction of sp³-hybridized carbons (Fsp3) is 0.321. The number of amidine groups is 1. The van der Waals surface area contributed by atoms with Crippen molar-refractivity contribution in [3.8, 4) is 11.5 Å². The average Bonchev–Trinajstić information content (AvgIpc) is 3.65. The van der Waals surface area contributed by atoms with Gasteiger partial charge in [0.1, 0.15) is 0 Å². The number of fused-ring (bicyclic) bond motifs is 1. The summed E-state index contributed by atoms with van der Waals surface area (Å²) in [6.45, 7) is 2.00. The van der Waals surface area contributed by atoms with Crippen molar-refractivity contribution in [1.29, 1.82) is 0 Å². The lowest BCUT2D eigenvalue weighted by Gasteiger charge is -2.37. The van der Waals surface area contributed by atoms with Gasteiger partial charge in [-0.05, 0) is 42.9 Å². The molecule has 1 saturated carbocycles. The maximum absolute atomic E-state index is 13.6. The molecule has 2 heterocycles. The molecule has 0 aromatic heterocycles. The van der Waals surface area contributed by atoms with Gasteiger partial charge >= 0.3 is 5.97 Å². The Hall–Kier alpha value is -3.72. The monoisotopic (exact) mass is 519 g/mol. The van der Waals surface area contributed by atoms with Crippen molar-refractivity contribution in [2.24, 2.45) is 4.99 Å². The second-order valence-corrected chi connectivity index (χ2v) is 9.71. The zero-order valence-electron chi connectivity index (χ0n) is 21.0. The van der Waals surface area contributed by atoms with E-state index in [1.165, 1.54) is 11.8 Å². The lowest BCUT2D eigenvalue weighted by Crippen LogP contribution is -2.38. The highest BCUT2D eigenvalue weighted by atomic mass is 32.2. The third kappa shape index (κ3) is 5.09. The number of rotatable bonds is 9. The van der Waals surface area contributed by atoms with Crippen LogP contribution in [0.1, 0.15) is 43.4 Å². The number of carbonyl (C=O) groups excluding carboxylic acids is 2. The minimum absolute atomic E-state index is 0.0443. The van der Waals surface area contributed by atoms with Crippen molar-refractivity contribution < 1.29 is 23.8 Å². The van der Waals surface area contributed by atoms with Crippen LogP contribution in [0.2, 0.25) is 0 Å². The highest BCUT2D eigenvalue weighted by molar-refractivity contribution is 8.16. The molecule has 0 saturated heterocycles. The fourth-order valence-electron chi connectivity index (χ4n) is 4.50. The number of hydrogen-bond donors (Lipinski definition) is 1. The highest BCUT2D eigenvalue weighted by Gasteiger charge is 2.42. The summed E-state index contributed by atoms with van der Waals surface area (Å²) in [5, 5.41) is 5.69. The zero-order chi connectivity index (χ0) is 25.9. The number of carbonyl (C=O) groups is 2. The van der Waals surface area contributed by atoms with E-state index in [1.54, 1.807) is 21.1 Å². The molecule has 0 spiro atoms. The van der Waals surface area contributed by atoms with Gasteiger partial charge in [0.25, 0.3) is 0 Å². The van der Waals surface area contributed by atoms with Gasteiger partial charge in [0, 0.05) is 17.3 Å². The normalized spacial score (nSPS) is 18.6. The van der Waals surface area contributed by atoms with E-state index in [0.29, 0.717) is 27.9 Å². The van der Waals surface area contributed by atoms with Crippen LogP contribution >= 0.6 is 11.8 Å². The molecule has 2 aliphatic heterocycles. The number of nitrogens with zero attached hydrogens (tertiary/aromatic N) is 2. The molecule has 0 unspecified atom stereocenters. The molecule has 2 aromatic rings. The summed E-state index contributed by atoms with van der Waals surface area (Å²) in [7, 11) is 3.16. The SMILES string of the molecule is CCOC(=O)C1=C(c2ccccc2)N=C2SC=C(CC(=O)NC3CC3)N2[C@@H]1c1ccc(OC)c(OC)c1. The van der Waals surface area contributed by atoms with Crippen LogP contribution in [0, 0.1) is 0 Å². The van der Waals surface area contributed by atoms with Crippen molar-refractivity contribution in [2.45, 2.75) is 38.3 Å². The zero-order valence-corrected chi connectivity index (χ0v) is 21.8. The number of esters is 1. The first-order valence-corrected chi connectivity index (χ1v) is 13.1. The predicted molar refractivity (Wildman–Crippen MR) is 143 cm³/mol. The largest absolute Gasteiger partial charge is 0.493 e. The van der Waals surface area contributed by atoms with Crippen LogP contribution in [0.25, 0.3) is 5.70 Å². The number of methoxy groups -OCH3 is 2. The molecule has 5 rings (SSSR count). The molecule has 0 radical (unpaired) electrons. The van der Waals surface area contributed by atoms with Crippen molar-refractivity contribution >= 4 is 34.5 Å². The Morgan fingerprint density at radius 1 is 1.08 bits per heavy atom. The second kappa shape index (κ2) is 10.7. The van der Waals surface area contributed by atoms with Crippen LogP contribution in [0.15, 0.2) is 70.2 Å². The third-order valence-corrected chi connectivity index (χ3v) is 7.25. The first-order chi connectivity index (χ1) is 18.0. The van der Waals surface area contributed by atoms with Gasteiger partial charge in [-0.2, -0.15) is 0 Å². The maximum atomic E-state index is 13.6. The Morgan fingerprint density at radius 2 is 1.84 bits per heavy atom. The molecule has 1 N–H and O–H groups in total. The Labute approximate surface area is 220 Å². The molecule has 37 heavy (non-hydrogen) atoms. The maximum Gasteiger partial charge on any atom is 0.338 e. The number of thioether (sulfide) groups is 1. The smallest absolute Gasteiger partial charge is 0.338 e. The number of aliphatic imine (C=N–C) groups is 1. The Balaban J connectivity index is 1.65. The molecule has 9 heteroatoms. The molecule has 8 nitrogen and oxygen atoms in total. The van der Waals surface area contributed by atoms with Crippen molar-refractivity contribution in [3.05, 3.63) is 76.3 Å². The van der Waals surface area contributed by atoms with Crippen LogP contribution in [0.3, 0.4) is 0 Å². The standard InChI is InChI=1S/C28H29N3O5S/c1-4-36-27(33)24-25(17-8-6-5-7-9-17)30-28-31(20(16-37-28)15-23(32)29-19-11-12-19)26(24)18-10-13-21(34-2)22(14-18)35-3/h5-10,13-14,16,19,26H,4,11-12,15H2,1-3H3,(H,29,32)/t26-/m1/s1. The molecular formula is C28H29N3O5S. The molecule has 1 atom stereocenters. The van der Waals surface area contributed by atoms with E-state index in [9.17, 15) is 9.59 Å². The summed E-state index contributed by atoms with van der Waals surface area (Å²) in [6.07, 6.45) is 2.21. The van der Waals surface area contributed by atoms with Crippen molar-refractivity contribution in [1.82, 2.24) is 10.2 Å². The van der Waals surface area contributed by atoms with Gasteiger partial charge in [0.05, 0.1) is 44.6 Å². The van der Waals surface area contributed by atoms with Gasteiger partial charge in [0.15, 0.2) is 16.7 Å². The Kier molecular flexibility index (Phi) is 7.23. The van der Waals surface area contributed by atoms with Crippen LogP contribution in [-0.4, -0.2) is 48.8 Å². The van der Waals surface area contributed by atoms with Crippen molar-refractivity contribution in [2.75, 3.05) is 20.8 Å². The molecular weight excluding hydrogens is 490 g/mol. The minimum atomic E-state index is -0.587. The van der Waals surface area contributed by atoms with Crippen LogP contribution in [0.4, 0.5) is 0 Å². The first-order valence-electron chi connectivity index (χ1n) is 12.3. The van der Waals surface area contributed by atoms with E-state index < -0.39 is 12.0 Å². The van der Waals surface area contributed by atoms with E-state index in [0.717, 1.165) is 29.7 Å². The summed E-state index contributed by atoms with van der Waals surface area (Å²) in [4.78, 5) is 33.3. The summed E-state index contributed by atoms with van der Waals surface area (Å²) in [5.74, 6) is 0.619.